The minimum atomic E-state index is 0.0616. The number of rotatable bonds is 6. The number of fused-ring (bicyclic) bond motifs is 1. The molecule has 1 fully saturated rings. The summed E-state index contributed by atoms with van der Waals surface area (Å²) in [7, 11) is 4.03. The van der Waals surface area contributed by atoms with Crippen LogP contribution < -0.4 is 9.64 Å². The molecule has 0 atom stereocenters. The normalized spacial score (nSPS) is 13.9. The van der Waals surface area contributed by atoms with Crippen molar-refractivity contribution in [3.05, 3.63) is 54.7 Å². The first-order chi connectivity index (χ1) is 15.1. The standard InChI is InChI=1S/C23H24N6O2/c1-4-15-7-16(17-9-25-23(26-10-17)31-18-12-30-13-18)5-6-20(15)29(3)22-8-21-19(11-24-22)27-14-28(21)2/h5-11,14,18H,4,12-13H2,1-3H3. The largest absolute Gasteiger partial charge is 0.455 e. The van der Waals surface area contributed by atoms with E-state index in [-0.39, 0.29) is 6.10 Å². The highest BCUT2D eigenvalue weighted by Gasteiger charge is 2.21. The number of hydrogen-bond donors (Lipinski definition) is 0. The highest BCUT2D eigenvalue weighted by atomic mass is 16.6. The van der Waals surface area contributed by atoms with Crippen LogP contribution in [0.3, 0.4) is 0 Å². The predicted molar refractivity (Wildman–Crippen MR) is 119 cm³/mol. The van der Waals surface area contributed by atoms with Gasteiger partial charge in [-0.1, -0.05) is 13.0 Å². The Labute approximate surface area is 180 Å². The number of aromatic nitrogens is 5. The van der Waals surface area contributed by atoms with Gasteiger partial charge in [0.25, 0.3) is 0 Å². The van der Waals surface area contributed by atoms with Crippen LogP contribution in [-0.4, -0.2) is 50.9 Å². The quantitative estimate of drug-likeness (QED) is 0.476. The molecular formula is C23H24N6O2. The van der Waals surface area contributed by atoms with Gasteiger partial charge in [-0.05, 0) is 29.7 Å². The van der Waals surface area contributed by atoms with Gasteiger partial charge in [0.1, 0.15) is 17.4 Å². The number of benzene rings is 1. The van der Waals surface area contributed by atoms with Crippen LogP contribution in [0.15, 0.2) is 49.2 Å². The van der Waals surface area contributed by atoms with Gasteiger partial charge >= 0.3 is 6.01 Å². The monoisotopic (exact) mass is 416 g/mol. The molecule has 0 spiro atoms. The van der Waals surface area contributed by atoms with Gasteiger partial charge in [0.05, 0.1) is 31.3 Å². The topological polar surface area (TPSA) is 78.2 Å². The number of hydrogen-bond acceptors (Lipinski definition) is 7. The minimum absolute atomic E-state index is 0.0616. The summed E-state index contributed by atoms with van der Waals surface area (Å²) in [5, 5.41) is 0. The lowest BCUT2D eigenvalue weighted by Crippen LogP contribution is -2.38. The van der Waals surface area contributed by atoms with E-state index in [0.29, 0.717) is 19.2 Å². The molecule has 0 aliphatic carbocycles. The predicted octanol–water partition coefficient (Wildman–Crippen LogP) is 3.53. The molecule has 0 amide bonds. The van der Waals surface area contributed by atoms with Crippen molar-refractivity contribution in [1.29, 1.82) is 0 Å². The molecule has 1 aliphatic heterocycles. The first kappa shape index (κ1) is 19.4. The Morgan fingerprint density at radius 3 is 2.58 bits per heavy atom. The molecular weight excluding hydrogens is 392 g/mol. The molecule has 1 saturated heterocycles. The molecule has 4 heterocycles. The second kappa shape index (κ2) is 7.96. The molecule has 0 saturated carbocycles. The Balaban J connectivity index is 1.41. The maximum absolute atomic E-state index is 5.65. The maximum atomic E-state index is 5.65. The SMILES string of the molecule is CCc1cc(-c2cnc(OC3COC3)nc2)ccc1N(C)c1cc2c(cn1)ncn2C. The summed E-state index contributed by atoms with van der Waals surface area (Å²) >= 11 is 0. The fourth-order valence-electron chi connectivity index (χ4n) is 3.66. The number of aryl methyl sites for hydroxylation is 2. The first-order valence-corrected chi connectivity index (χ1v) is 10.3. The zero-order valence-electron chi connectivity index (χ0n) is 17.8. The van der Waals surface area contributed by atoms with E-state index < -0.39 is 0 Å². The summed E-state index contributed by atoms with van der Waals surface area (Å²) in [6.45, 7) is 3.35. The molecule has 8 heteroatoms. The van der Waals surface area contributed by atoms with Crippen LogP contribution in [0, 0.1) is 0 Å². The summed E-state index contributed by atoms with van der Waals surface area (Å²) < 4.78 is 12.8. The van der Waals surface area contributed by atoms with Crippen LogP contribution in [0.2, 0.25) is 0 Å². The Morgan fingerprint density at radius 1 is 1.06 bits per heavy atom. The minimum Gasteiger partial charge on any atom is -0.455 e. The molecule has 0 N–H and O–H groups in total. The van der Waals surface area contributed by atoms with Crippen molar-refractivity contribution in [1.82, 2.24) is 24.5 Å². The lowest BCUT2D eigenvalue weighted by atomic mass is 10.0. The third kappa shape index (κ3) is 3.70. The molecule has 0 unspecified atom stereocenters. The third-order valence-corrected chi connectivity index (χ3v) is 5.60. The van der Waals surface area contributed by atoms with Gasteiger partial charge in [0.2, 0.25) is 0 Å². The van der Waals surface area contributed by atoms with E-state index in [1.165, 1.54) is 5.56 Å². The van der Waals surface area contributed by atoms with E-state index in [1.54, 1.807) is 18.7 Å². The van der Waals surface area contributed by atoms with Crippen molar-refractivity contribution in [2.24, 2.45) is 7.05 Å². The highest BCUT2D eigenvalue weighted by Crippen LogP contribution is 2.31. The van der Waals surface area contributed by atoms with Crippen molar-refractivity contribution in [3.8, 4) is 17.1 Å². The van der Waals surface area contributed by atoms with E-state index in [2.05, 4.69) is 56.0 Å². The van der Waals surface area contributed by atoms with E-state index in [1.807, 2.05) is 24.9 Å². The lowest BCUT2D eigenvalue weighted by molar-refractivity contribution is -0.0831. The molecule has 0 bridgehead atoms. The van der Waals surface area contributed by atoms with Gasteiger partial charge in [-0.15, -0.1) is 0 Å². The fourth-order valence-corrected chi connectivity index (χ4v) is 3.66. The number of ether oxygens (including phenoxy) is 2. The van der Waals surface area contributed by atoms with Crippen molar-refractivity contribution in [2.45, 2.75) is 19.4 Å². The van der Waals surface area contributed by atoms with Crippen molar-refractivity contribution >= 4 is 22.5 Å². The molecule has 1 aliphatic rings. The number of pyridine rings is 1. The Kier molecular flexibility index (Phi) is 4.99. The first-order valence-electron chi connectivity index (χ1n) is 10.3. The van der Waals surface area contributed by atoms with Crippen LogP contribution in [-0.2, 0) is 18.2 Å². The lowest BCUT2D eigenvalue weighted by Gasteiger charge is -2.25. The van der Waals surface area contributed by atoms with Gasteiger partial charge in [0.15, 0.2) is 0 Å². The van der Waals surface area contributed by atoms with Crippen LogP contribution in [0.25, 0.3) is 22.2 Å². The number of imidazole rings is 1. The Bertz CT molecular complexity index is 1220. The van der Waals surface area contributed by atoms with Gasteiger partial charge in [-0.3, -0.25) is 0 Å². The maximum Gasteiger partial charge on any atom is 0.316 e. The second-order valence-corrected chi connectivity index (χ2v) is 7.67. The molecule has 0 radical (unpaired) electrons. The number of anilines is 2. The van der Waals surface area contributed by atoms with E-state index in [4.69, 9.17) is 9.47 Å². The van der Waals surface area contributed by atoms with E-state index in [9.17, 15) is 0 Å². The summed E-state index contributed by atoms with van der Waals surface area (Å²) in [5.74, 6) is 0.878. The van der Waals surface area contributed by atoms with E-state index >= 15 is 0 Å². The van der Waals surface area contributed by atoms with Gasteiger partial charge in [-0.2, -0.15) is 0 Å². The van der Waals surface area contributed by atoms with Crippen molar-refractivity contribution in [3.63, 3.8) is 0 Å². The van der Waals surface area contributed by atoms with E-state index in [0.717, 1.165) is 40.1 Å². The average Bonchev–Trinajstić information content (AvgIpc) is 3.16. The summed E-state index contributed by atoms with van der Waals surface area (Å²) in [6, 6.07) is 8.86. The van der Waals surface area contributed by atoms with Gasteiger partial charge in [0, 0.05) is 43.8 Å². The molecule has 4 aromatic rings. The summed E-state index contributed by atoms with van der Waals surface area (Å²) in [4.78, 5) is 19.8. The zero-order valence-corrected chi connectivity index (χ0v) is 17.8. The molecule has 158 valence electrons. The van der Waals surface area contributed by atoms with Gasteiger partial charge in [-0.25, -0.2) is 19.9 Å². The summed E-state index contributed by atoms with van der Waals surface area (Å²) in [5.41, 5.74) is 6.31. The van der Waals surface area contributed by atoms with Crippen LogP contribution in [0.4, 0.5) is 11.5 Å². The van der Waals surface area contributed by atoms with Crippen LogP contribution in [0.5, 0.6) is 6.01 Å². The summed E-state index contributed by atoms with van der Waals surface area (Å²) in [6.07, 6.45) is 8.19. The zero-order chi connectivity index (χ0) is 21.4. The highest BCUT2D eigenvalue weighted by molar-refractivity contribution is 5.79. The molecule has 3 aromatic heterocycles. The molecule has 5 rings (SSSR count). The molecule has 8 nitrogen and oxygen atoms in total. The van der Waals surface area contributed by atoms with Crippen LogP contribution in [0.1, 0.15) is 12.5 Å². The van der Waals surface area contributed by atoms with Crippen molar-refractivity contribution in [2.75, 3.05) is 25.2 Å². The second-order valence-electron chi connectivity index (χ2n) is 7.67. The third-order valence-electron chi connectivity index (χ3n) is 5.60. The fraction of sp³-hybridized carbons (Fsp3) is 0.304. The Morgan fingerprint density at radius 2 is 1.87 bits per heavy atom. The average molecular weight is 416 g/mol. The van der Waals surface area contributed by atoms with Crippen LogP contribution >= 0.6 is 0 Å². The number of nitrogens with zero attached hydrogens (tertiary/aromatic N) is 6. The Hall–Kier alpha value is -3.52. The smallest absolute Gasteiger partial charge is 0.316 e. The van der Waals surface area contributed by atoms with Crippen molar-refractivity contribution < 1.29 is 9.47 Å². The van der Waals surface area contributed by atoms with Gasteiger partial charge < -0.3 is 18.9 Å². The molecule has 1 aromatic carbocycles. The molecule has 31 heavy (non-hydrogen) atoms.